The van der Waals surface area contributed by atoms with Crippen LogP contribution in [0.1, 0.15) is 17.0 Å². The molecule has 19 heavy (non-hydrogen) atoms. The van der Waals surface area contributed by atoms with E-state index in [0.717, 1.165) is 22.6 Å². The van der Waals surface area contributed by atoms with Crippen LogP contribution >= 0.6 is 11.6 Å². The number of benzene rings is 1. The summed E-state index contributed by atoms with van der Waals surface area (Å²) < 4.78 is 7.01. The Kier molecular flexibility index (Phi) is 4.00. The average molecular weight is 280 g/mol. The fourth-order valence-electron chi connectivity index (χ4n) is 2.04. The molecule has 0 amide bonds. The molecule has 1 aromatic carbocycles. The Bertz CT molecular complexity index is 593. The molecule has 0 saturated carbocycles. The number of anilines is 1. The molecular weight excluding hydrogens is 262 g/mol. The van der Waals surface area contributed by atoms with Crippen molar-refractivity contribution in [3.05, 3.63) is 40.2 Å². The second-order valence-corrected chi connectivity index (χ2v) is 4.90. The van der Waals surface area contributed by atoms with Gasteiger partial charge in [0.05, 0.1) is 29.2 Å². The number of aryl methyl sites for hydroxylation is 2. The first kappa shape index (κ1) is 13.7. The standard InChI is InChI=1S/C14H18ClN3O/c1-9-14(10(2)18(3)17-9)16-8-11-5-6-13(19-4)12(15)7-11/h5-7,16H,8H2,1-4H3. The van der Waals surface area contributed by atoms with Crippen LogP contribution in [0.3, 0.4) is 0 Å². The topological polar surface area (TPSA) is 39.1 Å². The van der Waals surface area contributed by atoms with Crippen LogP contribution in [-0.4, -0.2) is 16.9 Å². The highest BCUT2D eigenvalue weighted by molar-refractivity contribution is 6.32. The molecule has 0 atom stereocenters. The minimum absolute atomic E-state index is 0.626. The molecular formula is C14H18ClN3O. The summed E-state index contributed by atoms with van der Waals surface area (Å²) in [6, 6.07) is 5.79. The maximum absolute atomic E-state index is 6.11. The van der Waals surface area contributed by atoms with Crippen LogP contribution in [0.15, 0.2) is 18.2 Å². The maximum atomic E-state index is 6.11. The molecule has 0 aliphatic heterocycles. The summed E-state index contributed by atoms with van der Waals surface area (Å²) in [5, 5.41) is 8.40. The number of hydrogen-bond acceptors (Lipinski definition) is 3. The summed E-state index contributed by atoms with van der Waals surface area (Å²) in [4.78, 5) is 0. The van der Waals surface area contributed by atoms with Crippen LogP contribution in [0, 0.1) is 13.8 Å². The zero-order chi connectivity index (χ0) is 14.0. The first-order valence-electron chi connectivity index (χ1n) is 6.09. The molecule has 0 spiro atoms. The third-order valence-electron chi connectivity index (χ3n) is 3.19. The molecule has 0 aliphatic rings. The van der Waals surface area contributed by atoms with Crippen molar-refractivity contribution in [2.75, 3.05) is 12.4 Å². The number of methoxy groups -OCH3 is 1. The van der Waals surface area contributed by atoms with Crippen molar-refractivity contribution in [1.29, 1.82) is 0 Å². The maximum Gasteiger partial charge on any atom is 0.137 e. The van der Waals surface area contributed by atoms with E-state index in [1.807, 2.05) is 43.8 Å². The molecule has 0 fully saturated rings. The van der Waals surface area contributed by atoms with Gasteiger partial charge in [-0.3, -0.25) is 4.68 Å². The van der Waals surface area contributed by atoms with E-state index < -0.39 is 0 Å². The largest absolute Gasteiger partial charge is 0.495 e. The number of nitrogens with zero attached hydrogens (tertiary/aromatic N) is 2. The van der Waals surface area contributed by atoms with E-state index in [0.29, 0.717) is 17.3 Å². The summed E-state index contributed by atoms with van der Waals surface area (Å²) >= 11 is 6.11. The van der Waals surface area contributed by atoms with Gasteiger partial charge in [0.2, 0.25) is 0 Å². The Hall–Kier alpha value is -1.68. The quantitative estimate of drug-likeness (QED) is 0.933. The van der Waals surface area contributed by atoms with E-state index in [2.05, 4.69) is 10.4 Å². The van der Waals surface area contributed by atoms with Crippen molar-refractivity contribution in [2.45, 2.75) is 20.4 Å². The van der Waals surface area contributed by atoms with Crippen LogP contribution < -0.4 is 10.1 Å². The predicted octanol–water partition coefficient (Wildman–Crippen LogP) is 3.31. The molecule has 5 heteroatoms. The van der Waals surface area contributed by atoms with Crippen molar-refractivity contribution >= 4 is 17.3 Å². The van der Waals surface area contributed by atoms with E-state index in [1.165, 1.54) is 0 Å². The van der Waals surface area contributed by atoms with Crippen molar-refractivity contribution < 1.29 is 4.74 Å². The third kappa shape index (κ3) is 2.84. The first-order chi connectivity index (χ1) is 9.02. The van der Waals surface area contributed by atoms with Gasteiger partial charge in [-0.15, -0.1) is 0 Å². The normalized spacial score (nSPS) is 10.6. The van der Waals surface area contributed by atoms with Crippen LogP contribution in [0.25, 0.3) is 0 Å². The van der Waals surface area contributed by atoms with Crippen LogP contribution in [0.2, 0.25) is 5.02 Å². The van der Waals surface area contributed by atoms with Gasteiger partial charge in [-0.2, -0.15) is 5.10 Å². The smallest absolute Gasteiger partial charge is 0.137 e. The second kappa shape index (κ2) is 5.53. The summed E-state index contributed by atoms with van der Waals surface area (Å²) in [5.74, 6) is 0.694. The minimum atomic E-state index is 0.626. The molecule has 4 nitrogen and oxygen atoms in total. The Labute approximate surface area is 118 Å². The Balaban J connectivity index is 2.12. The van der Waals surface area contributed by atoms with E-state index >= 15 is 0 Å². The van der Waals surface area contributed by atoms with E-state index in [-0.39, 0.29) is 0 Å². The monoisotopic (exact) mass is 279 g/mol. The minimum Gasteiger partial charge on any atom is -0.495 e. The Morgan fingerprint density at radius 2 is 2.11 bits per heavy atom. The average Bonchev–Trinajstić information content (AvgIpc) is 2.61. The third-order valence-corrected chi connectivity index (χ3v) is 3.49. The fraction of sp³-hybridized carbons (Fsp3) is 0.357. The lowest BCUT2D eigenvalue weighted by Crippen LogP contribution is -2.02. The number of rotatable bonds is 4. The number of hydrogen-bond donors (Lipinski definition) is 1. The summed E-state index contributed by atoms with van der Waals surface area (Å²) in [7, 11) is 3.55. The highest BCUT2D eigenvalue weighted by Crippen LogP contribution is 2.26. The molecule has 0 aliphatic carbocycles. The Morgan fingerprint density at radius 1 is 1.37 bits per heavy atom. The number of nitrogens with one attached hydrogen (secondary N) is 1. The van der Waals surface area contributed by atoms with Gasteiger partial charge >= 0.3 is 0 Å². The molecule has 1 heterocycles. The van der Waals surface area contributed by atoms with E-state index in [4.69, 9.17) is 16.3 Å². The van der Waals surface area contributed by atoms with Gasteiger partial charge in [0, 0.05) is 13.6 Å². The molecule has 2 aromatic rings. The Morgan fingerprint density at radius 3 is 2.63 bits per heavy atom. The van der Waals surface area contributed by atoms with Crippen LogP contribution in [0.5, 0.6) is 5.75 Å². The summed E-state index contributed by atoms with van der Waals surface area (Å²) in [5.41, 5.74) is 4.31. The predicted molar refractivity (Wildman–Crippen MR) is 78.0 cm³/mol. The molecule has 102 valence electrons. The van der Waals surface area contributed by atoms with Gasteiger partial charge in [0.25, 0.3) is 0 Å². The zero-order valence-corrected chi connectivity index (χ0v) is 12.4. The summed E-state index contributed by atoms with van der Waals surface area (Å²) in [6.45, 7) is 4.75. The molecule has 0 unspecified atom stereocenters. The molecule has 1 N–H and O–H groups in total. The molecule has 0 bridgehead atoms. The zero-order valence-electron chi connectivity index (χ0n) is 11.6. The van der Waals surface area contributed by atoms with Crippen LogP contribution in [-0.2, 0) is 13.6 Å². The van der Waals surface area contributed by atoms with E-state index in [9.17, 15) is 0 Å². The number of aromatic nitrogens is 2. The lowest BCUT2D eigenvalue weighted by atomic mass is 10.2. The molecule has 0 saturated heterocycles. The fourth-order valence-corrected chi connectivity index (χ4v) is 2.32. The highest BCUT2D eigenvalue weighted by Gasteiger charge is 2.09. The van der Waals surface area contributed by atoms with Gasteiger partial charge in [0.1, 0.15) is 5.75 Å². The van der Waals surface area contributed by atoms with Gasteiger partial charge in [-0.05, 0) is 31.5 Å². The lowest BCUT2D eigenvalue weighted by molar-refractivity contribution is 0.415. The van der Waals surface area contributed by atoms with Gasteiger partial charge in [-0.1, -0.05) is 17.7 Å². The molecule has 0 radical (unpaired) electrons. The van der Waals surface area contributed by atoms with Crippen molar-refractivity contribution in [3.63, 3.8) is 0 Å². The summed E-state index contributed by atoms with van der Waals surface area (Å²) in [6.07, 6.45) is 0. The molecule has 2 rings (SSSR count). The van der Waals surface area contributed by atoms with Crippen molar-refractivity contribution in [2.24, 2.45) is 7.05 Å². The molecule has 1 aromatic heterocycles. The second-order valence-electron chi connectivity index (χ2n) is 4.49. The highest BCUT2D eigenvalue weighted by atomic mass is 35.5. The first-order valence-corrected chi connectivity index (χ1v) is 6.47. The van der Waals surface area contributed by atoms with Gasteiger partial charge < -0.3 is 10.1 Å². The van der Waals surface area contributed by atoms with E-state index in [1.54, 1.807) is 7.11 Å². The lowest BCUT2D eigenvalue weighted by Gasteiger charge is -2.09. The van der Waals surface area contributed by atoms with Gasteiger partial charge in [0.15, 0.2) is 0 Å². The van der Waals surface area contributed by atoms with Crippen LogP contribution in [0.4, 0.5) is 5.69 Å². The van der Waals surface area contributed by atoms with Crippen molar-refractivity contribution in [3.8, 4) is 5.75 Å². The van der Waals surface area contributed by atoms with Crippen molar-refractivity contribution in [1.82, 2.24) is 9.78 Å². The van der Waals surface area contributed by atoms with Gasteiger partial charge in [-0.25, -0.2) is 0 Å². The SMILES string of the molecule is COc1ccc(CNc2c(C)nn(C)c2C)cc1Cl. The number of halogens is 1. The number of ether oxygens (including phenoxy) is 1.